The van der Waals surface area contributed by atoms with Crippen molar-refractivity contribution in [1.29, 1.82) is 0 Å². The summed E-state index contributed by atoms with van der Waals surface area (Å²) in [4.78, 5) is 23.7. The van der Waals surface area contributed by atoms with Gasteiger partial charge in [0.2, 0.25) is 5.91 Å². The highest BCUT2D eigenvalue weighted by atomic mass is 35.5. The summed E-state index contributed by atoms with van der Waals surface area (Å²) < 4.78 is 5.51. The van der Waals surface area contributed by atoms with Gasteiger partial charge in [-0.15, -0.1) is 12.4 Å². The first-order valence-electron chi connectivity index (χ1n) is 8.51. The van der Waals surface area contributed by atoms with Crippen LogP contribution in [0.3, 0.4) is 0 Å². The zero-order chi connectivity index (χ0) is 17.5. The van der Waals surface area contributed by atoms with E-state index in [1.54, 1.807) is 24.3 Å². The molecule has 1 atom stereocenters. The molecule has 0 aromatic heterocycles. The first-order valence-corrected chi connectivity index (χ1v) is 8.51. The molecule has 2 rings (SSSR count). The second-order valence-electron chi connectivity index (χ2n) is 6.71. The second kappa shape index (κ2) is 10.3. The van der Waals surface area contributed by atoms with Crippen LogP contribution in [0.1, 0.15) is 33.1 Å². The average molecular weight is 370 g/mol. The Hall–Kier alpha value is -1.79. The number of carbonyl (C=O) groups is 2. The zero-order valence-electron chi connectivity index (χ0n) is 14.8. The number of carbonyl (C=O) groups excluding carboxylic acids is 2. The number of rotatable bonds is 9. The summed E-state index contributed by atoms with van der Waals surface area (Å²) in [6, 6.07) is 7.04. The summed E-state index contributed by atoms with van der Waals surface area (Å²) in [5, 5.41) is 5.74. The summed E-state index contributed by atoms with van der Waals surface area (Å²) in [5.74, 6) is 1.01. The van der Waals surface area contributed by atoms with Gasteiger partial charge in [0.05, 0.1) is 0 Å². The summed E-state index contributed by atoms with van der Waals surface area (Å²) >= 11 is 0. The van der Waals surface area contributed by atoms with Crippen molar-refractivity contribution in [3.8, 4) is 5.75 Å². The molecule has 1 fully saturated rings. The van der Waals surface area contributed by atoms with Crippen LogP contribution in [0.2, 0.25) is 0 Å². The number of ether oxygens (including phenoxy) is 1. The number of benzene rings is 1. The molecule has 0 bridgehead atoms. The third-order valence-electron chi connectivity index (χ3n) is 3.83. The van der Waals surface area contributed by atoms with Gasteiger partial charge in [0.25, 0.3) is 5.91 Å². The van der Waals surface area contributed by atoms with E-state index in [9.17, 15) is 9.59 Å². The first-order chi connectivity index (χ1) is 11.5. The van der Waals surface area contributed by atoms with E-state index >= 15 is 0 Å². The highest BCUT2D eigenvalue weighted by Crippen LogP contribution is 2.30. The molecule has 6 nitrogen and oxygen atoms in total. The second-order valence-corrected chi connectivity index (χ2v) is 6.71. The van der Waals surface area contributed by atoms with Gasteiger partial charge in [-0.3, -0.25) is 9.59 Å². The number of nitrogens with two attached hydrogens (primary N) is 1. The molecule has 7 heteroatoms. The standard InChI is InChI=1S/C18H27N3O3.ClH/c1-12(2)8-15(10-19)20-17(22)11-24-16-5-3-4-14(9-16)21-18(23)13-6-7-13;/h3-5,9,12-13,15H,6-8,10-11,19H2,1-2H3,(H,20,22)(H,21,23);1H. The quantitative estimate of drug-likeness (QED) is 0.622. The highest BCUT2D eigenvalue weighted by Gasteiger charge is 2.29. The van der Waals surface area contributed by atoms with Crippen LogP contribution in [0.5, 0.6) is 5.75 Å². The molecule has 1 aromatic rings. The van der Waals surface area contributed by atoms with Crippen molar-refractivity contribution < 1.29 is 14.3 Å². The predicted molar refractivity (Wildman–Crippen MR) is 101 cm³/mol. The summed E-state index contributed by atoms with van der Waals surface area (Å²) in [7, 11) is 0. The molecule has 1 aliphatic carbocycles. The van der Waals surface area contributed by atoms with Crippen molar-refractivity contribution >= 4 is 29.9 Å². The van der Waals surface area contributed by atoms with E-state index in [0.717, 1.165) is 19.3 Å². The molecule has 2 amide bonds. The molecule has 0 heterocycles. The zero-order valence-corrected chi connectivity index (χ0v) is 15.6. The van der Waals surface area contributed by atoms with Gasteiger partial charge >= 0.3 is 0 Å². The fraction of sp³-hybridized carbons (Fsp3) is 0.556. The summed E-state index contributed by atoms with van der Waals surface area (Å²) in [6.07, 6.45) is 2.76. The van der Waals surface area contributed by atoms with Crippen LogP contribution >= 0.6 is 12.4 Å². The van der Waals surface area contributed by atoms with E-state index in [1.165, 1.54) is 0 Å². The van der Waals surface area contributed by atoms with Gasteiger partial charge < -0.3 is 21.1 Å². The number of amides is 2. The van der Waals surface area contributed by atoms with E-state index in [1.807, 2.05) is 0 Å². The Morgan fingerprint density at radius 1 is 1.32 bits per heavy atom. The maximum Gasteiger partial charge on any atom is 0.258 e. The molecule has 25 heavy (non-hydrogen) atoms. The minimum absolute atomic E-state index is 0. The largest absolute Gasteiger partial charge is 0.484 e. The minimum atomic E-state index is -0.196. The number of halogens is 1. The maximum atomic E-state index is 12.0. The smallest absolute Gasteiger partial charge is 0.258 e. The van der Waals surface area contributed by atoms with E-state index in [2.05, 4.69) is 24.5 Å². The molecule has 1 aliphatic rings. The number of hydrogen-bond acceptors (Lipinski definition) is 4. The molecule has 0 saturated heterocycles. The Kier molecular flexibility index (Phi) is 8.72. The van der Waals surface area contributed by atoms with Crippen molar-refractivity contribution in [2.75, 3.05) is 18.5 Å². The van der Waals surface area contributed by atoms with Crippen molar-refractivity contribution in [3.63, 3.8) is 0 Å². The van der Waals surface area contributed by atoms with Crippen LogP contribution in [-0.4, -0.2) is 31.0 Å². The lowest BCUT2D eigenvalue weighted by Crippen LogP contribution is -2.43. The Morgan fingerprint density at radius 2 is 2.04 bits per heavy atom. The molecular formula is C18H28ClN3O3. The Labute approximate surface area is 155 Å². The lowest BCUT2D eigenvalue weighted by Gasteiger charge is -2.19. The number of hydrogen-bond donors (Lipinski definition) is 3. The number of anilines is 1. The Balaban J connectivity index is 0.00000312. The lowest BCUT2D eigenvalue weighted by atomic mass is 10.0. The SMILES string of the molecule is CC(C)CC(CN)NC(=O)COc1cccc(NC(=O)C2CC2)c1.Cl. The van der Waals surface area contributed by atoms with E-state index in [-0.39, 0.29) is 42.8 Å². The van der Waals surface area contributed by atoms with Crippen LogP contribution < -0.4 is 21.1 Å². The molecule has 0 radical (unpaired) electrons. The third-order valence-corrected chi connectivity index (χ3v) is 3.83. The minimum Gasteiger partial charge on any atom is -0.484 e. The van der Waals surface area contributed by atoms with Gasteiger partial charge in [0, 0.05) is 30.3 Å². The van der Waals surface area contributed by atoms with Crippen LogP contribution in [-0.2, 0) is 9.59 Å². The lowest BCUT2D eigenvalue weighted by molar-refractivity contribution is -0.123. The van der Waals surface area contributed by atoms with Crippen LogP contribution in [0.25, 0.3) is 0 Å². The number of nitrogens with one attached hydrogen (secondary N) is 2. The van der Waals surface area contributed by atoms with Crippen LogP contribution in [0.4, 0.5) is 5.69 Å². The molecule has 0 aliphatic heterocycles. The molecule has 1 aromatic carbocycles. The van der Waals surface area contributed by atoms with Crippen molar-refractivity contribution in [2.24, 2.45) is 17.6 Å². The van der Waals surface area contributed by atoms with E-state index in [4.69, 9.17) is 10.5 Å². The summed E-state index contributed by atoms with van der Waals surface area (Å²) in [6.45, 7) is 4.51. The van der Waals surface area contributed by atoms with Crippen molar-refractivity contribution in [1.82, 2.24) is 5.32 Å². The van der Waals surface area contributed by atoms with E-state index < -0.39 is 0 Å². The predicted octanol–water partition coefficient (Wildman–Crippen LogP) is 2.33. The Bertz CT molecular complexity index is 576. The van der Waals surface area contributed by atoms with Gasteiger partial charge in [-0.2, -0.15) is 0 Å². The molecule has 0 spiro atoms. The van der Waals surface area contributed by atoms with Crippen molar-refractivity contribution in [2.45, 2.75) is 39.2 Å². The molecule has 1 saturated carbocycles. The molecule has 1 unspecified atom stereocenters. The van der Waals surface area contributed by atoms with Gasteiger partial charge in [-0.05, 0) is 37.3 Å². The van der Waals surface area contributed by atoms with Gasteiger partial charge in [-0.1, -0.05) is 19.9 Å². The third kappa shape index (κ3) is 7.75. The fourth-order valence-corrected chi connectivity index (χ4v) is 2.45. The topological polar surface area (TPSA) is 93.4 Å². The molecule has 4 N–H and O–H groups in total. The first kappa shape index (κ1) is 21.3. The van der Waals surface area contributed by atoms with Gasteiger partial charge in [-0.25, -0.2) is 0 Å². The van der Waals surface area contributed by atoms with Gasteiger partial charge in [0.15, 0.2) is 6.61 Å². The van der Waals surface area contributed by atoms with Crippen LogP contribution in [0, 0.1) is 11.8 Å². The van der Waals surface area contributed by atoms with Gasteiger partial charge in [0.1, 0.15) is 5.75 Å². The average Bonchev–Trinajstić information content (AvgIpc) is 3.37. The summed E-state index contributed by atoms with van der Waals surface area (Å²) in [5.41, 5.74) is 6.36. The normalized spacial score (nSPS) is 14.4. The fourth-order valence-electron chi connectivity index (χ4n) is 2.45. The maximum absolute atomic E-state index is 12.0. The molecule has 140 valence electrons. The Morgan fingerprint density at radius 3 is 2.64 bits per heavy atom. The molecular weight excluding hydrogens is 342 g/mol. The van der Waals surface area contributed by atoms with Crippen molar-refractivity contribution in [3.05, 3.63) is 24.3 Å². The monoisotopic (exact) mass is 369 g/mol. The van der Waals surface area contributed by atoms with E-state index in [0.29, 0.717) is 23.9 Å². The van der Waals surface area contributed by atoms with Crippen LogP contribution in [0.15, 0.2) is 24.3 Å². The highest BCUT2D eigenvalue weighted by molar-refractivity contribution is 5.94.